The van der Waals surface area contributed by atoms with Crippen molar-refractivity contribution in [1.82, 2.24) is 9.97 Å². The lowest BCUT2D eigenvalue weighted by atomic mass is 10.1. The fraction of sp³-hybridized carbons (Fsp3) is 0.167. The Morgan fingerprint density at radius 2 is 2.18 bits per heavy atom. The lowest BCUT2D eigenvalue weighted by Gasteiger charge is -2.06. The number of rotatable bonds is 2. The number of halogens is 2. The molecule has 1 aromatic carbocycles. The topological polar surface area (TPSA) is 46.0 Å². The first-order chi connectivity index (χ1) is 8.11. The van der Waals surface area contributed by atoms with E-state index in [1.54, 1.807) is 12.3 Å². The molecule has 0 unspecified atom stereocenters. The average molecular weight is 253 g/mol. The first-order valence-corrected chi connectivity index (χ1v) is 5.38. The lowest BCUT2D eigenvalue weighted by molar-refractivity contribution is 0.276. The largest absolute Gasteiger partial charge is 0.392 e. The molecule has 0 radical (unpaired) electrons. The number of benzene rings is 1. The number of aliphatic hydroxyl groups excluding tert-OH is 1. The molecule has 3 nitrogen and oxygen atoms in total. The van der Waals surface area contributed by atoms with Crippen LogP contribution in [0.2, 0.25) is 5.28 Å². The number of hydrogen-bond acceptors (Lipinski definition) is 3. The molecule has 0 atom stereocenters. The molecule has 1 aromatic heterocycles. The molecule has 0 saturated heterocycles. The van der Waals surface area contributed by atoms with Crippen LogP contribution in [0, 0.1) is 12.7 Å². The van der Waals surface area contributed by atoms with Crippen molar-refractivity contribution in [3.05, 3.63) is 46.6 Å². The summed E-state index contributed by atoms with van der Waals surface area (Å²) >= 11 is 5.71. The standard InChI is InChI=1S/C12H10ClFN2O/c1-7-5-15-12(13)16-11(7)8-2-3-9(6-17)10(14)4-8/h2-5,17H,6H2,1H3. The number of aryl methyl sites for hydroxylation is 1. The molecule has 0 saturated carbocycles. The summed E-state index contributed by atoms with van der Waals surface area (Å²) in [4.78, 5) is 7.91. The molecule has 1 heterocycles. The highest BCUT2D eigenvalue weighted by atomic mass is 35.5. The zero-order valence-electron chi connectivity index (χ0n) is 9.11. The van der Waals surface area contributed by atoms with E-state index in [9.17, 15) is 4.39 Å². The van der Waals surface area contributed by atoms with Gasteiger partial charge in [-0.3, -0.25) is 0 Å². The van der Waals surface area contributed by atoms with E-state index in [1.165, 1.54) is 12.1 Å². The fourth-order valence-corrected chi connectivity index (χ4v) is 1.67. The highest BCUT2D eigenvalue weighted by molar-refractivity contribution is 6.28. The first kappa shape index (κ1) is 12.0. The summed E-state index contributed by atoms with van der Waals surface area (Å²) in [5, 5.41) is 9.01. The van der Waals surface area contributed by atoms with Crippen LogP contribution in [0.15, 0.2) is 24.4 Å². The molecule has 0 fully saturated rings. The Morgan fingerprint density at radius 1 is 1.41 bits per heavy atom. The van der Waals surface area contributed by atoms with Crippen molar-refractivity contribution in [2.24, 2.45) is 0 Å². The highest BCUT2D eigenvalue weighted by Gasteiger charge is 2.08. The van der Waals surface area contributed by atoms with E-state index in [2.05, 4.69) is 9.97 Å². The third kappa shape index (κ3) is 2.43. The van der Waals surface area contributed by atoms with E-state index in [1.807, 2.05) is 6.92 Å². The molecule has 0 amide bonds. The van der Waals surface area contributed by atoms with E-state index in [4.69, 9.17) is 16.7 Å². The third-order valence-corrected chi connectivity index (χ3v) is 2.62. The van der Waals surface area contributed by atoms with Gasteiger partial charge in [-0.25, -0.2) is 14.4 Å². The van der Waals surface area contributed by atoms with Gasteiger partial charge in [0.05, 0.1) is 12.3 Å². The van der Waals surface area contributed by atoms with Gasteiger partial charge in [0.25, 0.3) is 0 Å². The molecule has 2 rings (SSSR count). The maximum Gasteiger partial charge on any atom is 0.222 e. The van der Waals surface area contributed by atoms with Gasteiger partial charge >= 0.3 is 0 Å². The van der Waals surface area contributed by atoms with Gasteiger partial charge in [0.15, 0.2) is 0 Å². The zero-order valence-corrected chi connectivity index (χ0v) is 9.87. The first-order valence-electron chi connectivity index (χ1n) is 5.00. The molecule has 2 aromatic rings. The van der Waals surface area contributed by atoms with E-state index in [0.29, 0.717) is 11.3 Å². The van der Waals surface area contributed by atoms with Crippen LogP contribution < -0.4 is 0 Å². The van der Waals surface area contributed by atoms with Gasteiger partial charge in [-0.1, -0.05) is 12.1 Å². The number of aromatic nitrogens is 2. The van der Waals surface area contributed by atoms with Crippen LogP contribution in [0.3, 0.4) is 0 Å². The number of hydrogen-bond donors (Lipinski definition) is 1. The van der Waals surface area contributed by atoms with Gasteiger partial charge in [0.2, 0.25) is 5.28 Å². The zero-order chi connectivity index (χ0) is 12.4. The molecule has 0 aliphatic carbocycles. The van der Waals surface area contributed by atoms with Crippen LogP contribution in [-0.2, 0) is 6.61 Å². The molecule has 5 heteroatoms. The van der Waals surface area contributed by atoms with Crippen LogP contribution in [0.5, 0.6) is 0 Å². The van der Waals surface area contributed by atoms with Gasteiger partial charge in [-0.15, -0.1) is 0 Å². The van der Waals surface area contributed by atoms with Gasteiger partial charge in [-0.2, -0.15) is 0 Å². The Hall–Kier alpha value is -1.52. The molecule has 1 N–H and O–H groups in total. The second kappa shape index (κ2) is 4.77. The second-order valence-corrected chi connectivity index (χ2v) is 3.97. The lowest BCUT2D eigenvalue weighted by Crippen LogP contribution is -1.95. The van der Waals surface area contributed by atoms with Crippen molar-refractivity contribution in [3.8, 4) is 11.3 Å². The molecule has 0 bridgehead atoms. The summed E-state index contributed by atoms with van der Waals surface area (Å²) < 4.78 is 13.5. The van der Waals surface area contributed by atoms with Crippen molar-refractivity contribution in [2.45, 2.75) is 13.5 Å². The van der Waals surface area contributed by atoms with Gasteiger partial charge in [-0.05, 0) is 30.2 Å². The SMILES string of the molecule is Cc1cnc(Cl)nc1-c1ccc(CO)c(F)c1. The van der Waals surface area contributed by atoms with Crippen LogP contribution in [0.1, 0.15) is 11.1 Å². The van der Waals surface area contributed by atoms with Crippen molar-refractivity contribution in [1.29, 1.82) is 0 Å². The van der Waals surface area contributed by atoms with Crippen molar-refractivity contribution < 1.29 is 9.50 Å². The maximum absolute atomic E-state index is 13.5. The Labute approximate surface area is 103 Å². The van der Waals surface area contributed by atoms with Crippen molar-refractivity contribution in [2.75, 3.05) is 0 Å². The summed E-state index contributed by atoms with van der Waals surface area (Å²) in [5.41, 5.74) is 2.27. The Kier molecular flexibility index (Phi) is 3.36. The van der Waals surface area contributed by atoms with Crippen LogP contribution >= 0.6 is 11.6 Å². The normalized spacial score (nSPS) is 10.6. The quantitative estimate of drug-likeness (QED) is 0.836. The number of aliphatic hydroxyl groups is 1. The maximum atomic E-state index is 13.5. The predicted molar refractivity (Wildman–Crippen MR) is 63.1 cm³/mol. The Balaban J connectivity index is 2.53. The third-order valence-electron chi connectivity index (χ3n) is 2.44. The summed E-state index contributed by atoms with van der Waals surface area (Å²) in [6, 6.07) is 4.55. The Morgan fingerprint density at radius 3 is 2.82 bits per heavy atom. The highest BCUT2D eigenvalue weighted by Crippen LogP contribution is 2.23. The van der Waals surface area contributed by atoms with Gasteiger partial charge in [0, 0.05) is 17.3 Å². The molecule has 0 aliphatic rings. The van der Waals surface area contributed by atoms with Gasteiger partial charge < -0.3 is 5.11 Å². The van der Waals surface area contributed by atoms with E-state index >= 15 is 0 Å². The minimum Gasteiger partial charge on any atom is -0.392 e. The van der Waals surface area contributed by atoms with E-state index in [0.717, 1.165) is 5.56 Å². The smallest absolute Gasteiger partial charge is 0.222 e. The summed E-state index contributed by atoms with van der Waals surface area (Å²) in [6.07, 6.45) is 1.59. The van der Waals surface area contributed by atoms with Crippen LogP contribution in [0.4, 0.5) is 4.39 Å². The van der Waals surface area contributed by atoms with Crippen LogP contribution in [0.25, 0.3) is 11.3 Å². The molecule has 17 heavy (non-hydrogen) atoms. The van der Waals surface area contributed by atoms with E-state index < -0.39 is 5.82 Å². The second-order valence-electron chi connectivity index (χ2n) is 3.63. The molecule has 0 aliphatic heterocycles. The molecule has 0 spiro atoms. The summed E-state index contributed by atoms with van der Waals surface area (Å²) in [7, 11) is 0. The number of nitrogens with zero attached hydrogens (tertiary/aromatic N) is 2. The monoisotopic (exact) mass is 252 g/mol. The van der Waals surface area contributed by atoms with Crippen molar-refractivity contribution in [3.63, 3.8) is 0 Å². The summed E-state index contributed by atoms with van der Waals surface area (Å²) in [6.45, 7) is 1.50. The van der Waals surface area contributed by atoms with Crippen molar-refractivity contribution >= 4 is 11.6 Å². The van der Waals surface area contributed by atoms with Gasteiger partial charge in [0.1, 0.15) is 5.82 Å². The molecule has 88 valence electrons. The average Bonchev–Trinajstić information content (AvgIpc) is 2.32. The minimum absolute atomic E-state index is 0.122. The minimum atomic E-state index is -0.459. The predicted octanol–water partition coefficient (Wildman–Crippen LogP) is 2.74. The van der Waals surface area contributed by atoms with E-state index in [-0.39, 0.29) is 17.5 Å². The molecular weight excluding hydrogens is 243 g/mol. The van der Waals surface area contributed by atoms with Crippen LogP contribution in [-0.4, -0.2) is 15.1 Å². The Bertz CT molecular complexity index is 560. The fourth-order valence-electron chi connectivity index (χ4n) is 1.54. The summed E-state index contributed by atoms with van der Waals surface area (Å²) in [5.74, 6) is -0.459. The molecular formula is C12H10ClFN2O.